The predicted octanol–water partition coefficient (Wildman–Crippen LogP) is 0.667. The minimum atomic E-state index is 0.0852. The summed E-state index contributed by atoms with van der Waals surface area (Å²) in [6.45, 7) is 6.25. The predicted molar refractivity (Wildman–Crippen MR) is 105 cm³/mol. The molecule has 1 fully saturated rings. The highest BCUT2D eigenvalue weighted by Crippen LogP contribution is 2.23. The number of carbonyl (C=O) groups excluding carboxylic acids is 1. The zero-order chi connectivity index (χ0) is 19.4. The maximum absolute atomic E-state index is 11.6. The molecule has 4 N–H and O–H groups in total. The fourth-order valence-corrected chi connectivity index (χ4v) is 2.97. The normalized spacial score (nSPS) is 13.9. The van der Waals surface area contributed by atoms with Crippen LogP contribution in [0.4, 0.5) is 17.6 Å². The number of nitrogen functional groups attached to an aromatic ring is 2. The standard InChI is InChI=1S/C19H23N7O/c1-3-16-15(6-4-14-5-7-17(20)22-12-14)18(24-19(21)23-16)26-10-8-25(9-11-26)13(2)27/h5,7,12H,3,8-11H2,1-2H3,(H2,20,22)(H2,21,23,24). The van der Waals surface area contributed by atoms with Crippen LogP contribution < -0.4 is 16.4 Å². The molecule has 1 amide bonds. The van der Waals surface area contributed by atoms with Crippen molar-refractivity contribution in [3.8, 4) is 11.8 Å². The van der Waals surface area contributed by atoms with E-state index in [4.69, 9.17) is 11.5 Å². The van der Waals surface area contributed by atoms with Crippen LogP contribution in [0.5, 0.6) is 0 Å². The van der Waals surface area contributed by atoms with E-state index in [2.05, 4.69) is 31.7 Å². The van der Waals surface area contributed by atoms with Crippen LogP contribution in [-0.4, -0.2) is 51.9 Å². The Kier molecular flexibility index (Phi) is 5.41. The average molecular weight is 365 g/mol. The van der Waals surface area contributed by atoms with Gasteiger partial charge < -0.3 is 21.3 Å². The van der Waals surface area contributed by atoms with E-state index in [-0.39, 0.29) is 11.9 Å². The number of carbonyl (C=O) groups is 1. The maximum Gasteiger partial charge on any atom is 0.222 e. The Morgan fingerprint density at radius 2 is 1.89 bits per heavy atom. The molecular formula is C19H23N7O. The highest BCUT2D eigenvalue weighted by atomic mass is 16.2. The van der Waals surface area contributed by atoms with E-state index in [0.29, 0.717) is 38.4 Å². The van der Waals surface area contributed by atoms with Crippen molar-refractivity contribution in [2.75, 3.05) is 42.5 Å². The molecule has 3 heterocycles. The summed E-state index contributed by atoms with van der Waals surface area (Å²) in [5, 5.41) is 0. The first-order valence-electron chi connectivity index (χ1n) is 8.88. The van der Waals surface area contributed by atoms with Crippen molar-refractivity contribution < 1.29 is 4.79 Å². The number of amides is 1. The number of rotatable bonds is 2. The Morgan fingerprint density at radius 3 is 2.48 bits per heavy atom. The molecule has 0 aliphatic carbocycles. The van der Waals surface area contributed by atoms with Gasteiger partial charge in [0.25, 0.3) is 0 Å². The van der Waals surface area contributed by atoms with Crippen molar-refractivity contribution in [3.05, 3.63) is 35.2 Å². The number of anilines is 3. The number of pyridine rings is 1. The SMILES string of the molecule is CCc1nc(N)nc(N2CCN(C(C)=O)CC2)c1C#Cc1ccc(N)nc1. The van der Waals surface area contributed by atoms with Crippen molar-refractivity contribution in [2.24, 2.45) is 0 Å². The van der Waals surface area contributed by atoms with Gasteiger partial charge in [-0.2, -0.15) is 4.98 Å². The summed E-state index contributed by atoms with van der Waals surface area (Å²) in [7, 11) is 0. The van der Waals surface area contributed by atoms with Crippen LogP contribution in [-0.2, 0) is 11.2 Å². The third kappa shape index (κ3) is 4.26. The second kappa shape index (κ2) is 7.91. The second-order valence-corrected chi connectivity index (χ2v) is 6.30. The summed E-state index contributed by atoms with van der Waals surface area (Å²) in [5.74, 6) is 7.79. The molecule has 2 aromatic rings. The fraction of sp³-hybridized carbons (Fsp3) is 0.368. The van der Waals surface area contributed by atoms with Crippen LogP contribution in [0.25, 0.3) is 0 Å². The Labute approximate surface area is 158 Å². The van der Waals surface area contributed by atoms with Gasteiger partial charge in [0.05, 0.1) is 11.3 Å². The molecule has 27 heavy (non-hydrogen) atoms. The lowest BCUT2D eigenvalue weighted by Crippen LogP contribution is -2.48. The van der Waals surface area contributed by atoms with Gasteiger partial charge in [-0.05, 0) is 18.6 Å². The first-order valence-corrected chi connectivity index (χ1v) is 8.88. The molecule has 0 atom stereocenters. The molecule has 0 bridgehead atoms. The number of piperazine rings is 1. The van der Waals surface area contributed by atoms with E-state index in [1.807, 2.05) is 17.9 Å². The molecule has 8 nitrogen and oxygen atoms in total. The van der Waals surface area contributed by atoms with E-state index in [0.717, 1.165) is 22.6 Å². The maximum atomic E-state index is 11.6. The van der Waals surface area contributed by atoms with Gasteiger partial charge in [0.1, 0.15) is 11.6 Å². The Morgan fingerprint density at radius 1 is 1.15 bits per heavy atom. The highest BCUT2D eigenvalue weighted by molar-refractivity contribution is 5.73. The third-order valence-corrected chi connectivity index (χ3v) is 4.46. The summed E-state index contributed by atoms with van der Waals surface area (Å²) in [4.78, 5) is 28.4. The molecule has 3 rings (SSSR count). The van der Waals surface area contributed by atoms with Gasteiger partial charge >= 0.3 is 0 Å². The number of nitrogens with zero attached hydrogens (tertiary/aromatic N) is 5. The minimum absolute atomic E-state index is 0.0852. The molecule has 0 saturated carbocycles. The van der Waals surface area contributed by atoms with Crippen LogP contribution in [0, 0.1) is 11.8 Å². The lowest BCUT2D eigenvalue weighted by Gasteiger charge is -2.35. The van der Waals surface area contributed by atoms with Gasteiger partial charge in [0.2, 0.25) is 11.9 Å². The lowest BCUT2D eigenvalue weighted by molar-refractivity contribution is -0.129. The Hall–Kier alpha value is -3.34. The topological polar surface area (TPSA) is 114 Å². The molecule has 0 radical (unpaired) electrons. The molecule has 0 spiro atoms. The van der Waals surface area contributed by atoms with E-state index in [1.54, 1.807) is 19.2 Å². The van der Waals surface area contributed by atoms with E-state index in [9.17, 15) is 4.79 Å². The lowest BCUT2D eigenvalue weighted by atomic mass is 10.1. The van der Waals surface area contributed by atoms with Crippen molar-refractivity contribution in [1.29, 1.82) is 0 Å². The zero-order valence-corrected chi connectivity index (χ0v) is 15.6. The van der Waals surface area contributed by atoms with Crippen molar-refractivity contribution in [2.45, 2.75) is 20.3 Å². The van der Waals surface area contributed by atoms with Gasteiger partial charge in [-0.25, -0.2) is 9.97 Å². The second-order valence-electron chi connectivity index (χ2n) is 6.30. The summed E-state index contributed by atoms with van der Waals surface area (Å²) in [6, 6.07) is 3.54. The van der Waals surface area contributed by atoms with E-state index >= 15 is 0 Å². The van der Waals surface area contributed by atoms with Crippen molar-refractivity contribution in [3.63, 3.8) is 0 Å². The Bertz CT molecular complexity index is 891. The van der Waals surface area contributed by atoms with Gasteiger partial charge in [0, 0.05) is 44.9 Å². The first-order chi connectivity index (χ1) is 13.0. The molecule has 1 aliphatic rings. The number of nitrogens with two attached hydrogens (primary N) is 2. The van der Waals surface area contributed by atoms with E-state index in [1.165, 1.54) is 0 Å². The largest absolute Gasteiger partial charge is 0.384 e. The van der Waals surface area contributed by atoms with Crippen LogP contribution >= 0.6 is 0 Å². The Balaban J connectivity index is 1.95. The number of hydrogen-bond donors (Lipinski definition) is 2. The van der Waals surface area contributed by atoms with Crippen LogP contribution in [0.2, 0.25) is 0 Å². The fourth-order valence-electron chi connectivity index (χ4n) is 2.97. The number of aromatic nitrogens is 3. The molecule has 1 saturated heterocycles. The van der Waals surface area contributed by atoms with Crippen LogP contribution in [0.3, 0.4) is 0 Å². The highest BCUT2D eigenvalue weighted by Gasteiger charge is 2.23. The quantitative estimate of drug-likeness (QED) is 0.752. The van der Waals surface area contributed by atoms with Crippen LogP contribution in [0.1, 0.15) is 30.7 Å². The summed E-state index contributed by atoms with van der Waals surface area (Å²) in [6.07, 6.45) is 2.33. The molecule has 1 aliphatic heterocycles. The zero-order valence-electron chi connectivity index (χ0n) is 15.6. The monoisotopic (exact) mass is 365 g/mol. The number of hydrogen-bond acceptors (Lipinski definition) is 7. The smallest absolute Gasteiger partial charge is 0.222 e. The van der Waals surface area contributed by atoms with Gasteiger partial charge in [-0.15, -0.1) is 0 Å². The molecule has 0 aromatic carbocycles. The first kappa shape index (κ1) is 18.5. The summed E-state index contributed by atoms with van der Waals surface area (Å²) in [5.41, 5.74) is 13.9. The summed E-state index contributed by atoms with van der Waals surface area (Å²) >= 11 is 0. The van der Waals surface area contributed by atoms with Gasteiger partial charge in [-0.3, -0.25) is 4.79 Å². The molecule has 0 unspecified atom stereocenters. The van der Waals surface area contributed by atoms with Crippen molar-refractivity contribution in [1.82, 2.24) is 19.9 Å². The minimum Gasteiger partial charge on any atom is -0.384 e. The van der Waals surface area contributed by atoms with Gasteiger partial charge in [0.15, 0.2) is 0 Å². The van der Waals surface area contributed by atoms with Crippen molar-refractivity contribution >= 4 is 23.5 Å². The third-order valence-electron chi connectivity index (χ3n) is 4.46. The van der Waals surface area contributed by atoms with E-state index < -0.39 is 0 Å². The molecule has 140 valence electrons. The molecular weight excluding hydrogens is 342 g/mol. The molecule has 2 aromatic heterocycles. The number of aryl methyl sites for hydroxylation is 1. The molecule has 8 heteroatoms. The average Bonchev–Trinajstić information content (AvgIpc) is 2.67. The summed E-state index contributed by atoms with van der Waals surface area (Å²) < 4.78 is 0. The van der Waals surface area contributed by atoms with Crippen LogP contribution in [0.15, 0.2) is 18.3 Å². The van der Waals surface area contributed by atoms with Gasteiger partial charge in [-0.1, -0.05) is 18.8 Å².